The number of nitrogens with two attached hydrogens (primary N) is 1. The summed E-state index contributed by atoms with van der Waals surface area (Å²) in [5.74, 6) is 1.33. The maximum Gasteiger partial charge on any atom is 0.416 e. The number of hydrogen-bond donors (Lipinski definition) is 2. The van der Waals surface area contributed by atoms with E-state index in [0.29, 0.717) is 46.9 Å². The molecule has 0 atom stereocenters. The summed E-state index contributed by atoms with van der Waals surface area (Å²) in [4.78, 5) is 25.6. The van der Waals surface area contributed by atoms with Crippen molar-refractivity contribution in [3.05, 3.63) is 47.3 Å². The average Bonchev–Trinajstić information content (AvgIpc) is 2.86. The lowest BCUT2D eigenvalue weighted by Crippen LogP contribution is -2.49. The van der Waals surface area contributed by atoms with E-state index in [1.54, 1.807) is 24.0 Å². The smallest absolute Gasteiger partial charge is 0.416 e. The molecule has 9 nitrogen and oxygen atoms in total. The Hall–Kier alpha value is -3.80. The van der Waals surface area contributed by atoms with Crippen molar-refractivity contribution >= 4 is 28.5 Å². The number of rotatable bonds is 6. The summed E-state index contributed by atoms with van der Waals surface area (Å²) in [6.45, 7) is 7.36. The highest BCUT2D eigenvalue weighted by Gasteiger charge is 2.31. The second-order valence-corrected chi connectivity index (χ2v) is 8.74. The number of amides is 1. The van der Waals surface area contributed by atoms with Crippen LogP contribution in [-0.4, -0.2) is 65.7 Å². The number of nitrogens with one attached hydrogen (secondary N) is 1. The van der Waals surface area contributed by atoms with E-state index in [9.17, 15) is 18.0 Å². The number of aryl methyl sites for hydroxylation is 1. The van der Waals surface area contributed by atoms with Gasteiger partial charge in [0.2, 0.25) is 0 Å². The van der Waals surface area contributed by atoms with Crippen molar-refractivity contribution in [3.63, 3.8) is 0 Å². The van der Waals surface area contributed by atoms with Gasteiger partial charge >= 0.3 is 12.3 Å². The fourth-order valence-corrected chi connectivity index (χ4v) is 4.20. The Balaban J connectivity index is 1.61. The van der Waals surface area contributed by atoms with Gasteiger partial charge in [0.1, 0.15) is 11.6 Å². The fourth-order valence-electron chi connectivity index (χ4n) is 4.20. The molecule has 1 saturated heterocycles. The number of methoxy groups -OCH3 is 1. The first kappa shape index (κ1) is 26.3. The number of hydrogen-bond acceptors (Lipinski definition) is 8. The molecule has 3 N–H and O–H groups in total. The molecule has 0 spiro atoms. The Morgan fingerprint density at radius 3 is 2.46 bits per heavy atom. The molecule has 1 amide bonds. The molecule has 2 heterocycles. The lowest BCUT2D eigenvalue weighted by atomic mass is 10.1. The molecule has 37 heavy (non-hydrogen) atoms. The van der Waals surface area contributed by atoms with E-state index in [0.717, 1.165) is 31.8 Å². The topological polar surface area (TPSA) is 106 Å². The number of anilines is 2. The first-order valence-corrected chi connectivity index (χ1v) is 11.8. The van der Waals surface area contributed by atoms with Crippen LogP contribution in [0.2, 0.25) is 0 Å². The maximum absolute atomic E-state index is 13.2. The third-order valence-corrected chi connectivity index (χ3v) is 6.17. The van der Waals surface area contributed by atoms with Crippen LogP contribution in [0.5, 0.6) is 11.5 Å². The summed E-state index contributed by atoms with van der Waals surface area (Å²) in [7, 11) is 1.46. The van der Waals surface area contributed by atoms with E-state index in [-0.39, 0.29) is 18.0 Å². The van der Waals surface area contributed by atoms with E-state index >= 15 is 0 Å². The molecule has 1 aliphatic heterocycles. The van der Waals surface area contributed by atoms with E-state index in [2.05, 4.69) is 27.1 Å². The number of carbonyl (C=O) groups excluding carboxylic acids is 1. The van der Waals surface area contributed by atoms with Crippen molar-refractivity contribution in [1.29, 1.82) is 0 Å². The van der Waals surface area contributed by atoms with Crippen LogP contribution in [0.15, 0.2) is 30.3 Å². The Labute approximate surface area is 212 Å². The summed E-state index contributed by atoms with van der Waals surface area (Å²) in [5, 5.41) is 3.59. The van der Waals surface area contributed by atoms with E-state index in [4.69, 9.17) is 15.2 Å². The summed E-state index contributed by atoms with van der Waals surface area (Å²) in [6, 6.07) is 6.62. The molecule has 198 valence electrons. The lowest BCUT2D eigenvalue weighted by molar-refractivity contribution is -0.137. The van der Waals surface area contributed by atoms with Gasteiger partial charge in [-0.1, -0.05) is 6.92 Å². The van der Waals surface area contributed by atoms with E-state index < -0.39 is 17.8 Å². The number of halogens is 3. The van der Waals surface area contributed by atoms with Crippen molar-refractivity contribution in [2.45, 2.75) is 26.6 Å². The third kappa shape index (κ3) is 6.13. The van der Waals surface area contributed by atoms with Crippen LogP contribution in [0.1, 0.15) is 23.9 Å². The lowest BCUT2D eigenvalue weighted by Gasteiger charge is -2.33. The number of fused-ring (bicyclic) bond motifs is 1. The second kappa shape index (κ2) is 10.7. The van der Waals surface area contributed by atoms with Crippen LogP contribution >= 0.6 is 0 Å². The molecule has 1 aromatic heterocycles. The molecule has 0 unspecified atom stereocenters. The van der Waals surface area contributed by atoms with Gasteiger partial charge in [-0.2, -0.15) is 13.2 Å². The summed E-state index contributed by atoms with van der Waals surface area (Å²) < 4.78 is 50.8. The van der Waals surface area contributed by atoms with Crippen molar-refractivity contribution in [2.24, 2.45) is 0 Å². The quantitative estimate of drug-likeness (QED) is 0.466. The molecule has 4 rings (SSSR count). The minimum absolute atomic E-state index is 0.00839. The fraction of sp³-hybridized carbons (Fsp3) is 0.400. The zero-order valence-electron chi connectivity index (χ0n) is 20.9. The highest BCUT2D eigenvalue weighted by Crippen LogP contribution is 2.35. The summed E-state index contributed by atoms with van der Waals surface area (Å²) in [5.41, 5.74) is 5.73. The first-order chi connectivity index (χ1) is 17.6. The number of ether oxygens (including phenoxy) is 2. The van der Waals surface area contributed by atoms with Crippen molar-refractivity contribution < 1.29 is 27.4 Å². The van der Waals surface area contributed by atoms with Crippen LogP contribution in [-0.2, 0) is 12.7 Å². The second-order valence-electron chi connectivity index (χ2n) is 8.74. The van der Waals surface area contributed by atoms with Gasteiger partial charge in [0, 0.05) is 49.9 Å². The zero-order valence-corrected chi connectivity index (χ0v) is 20.9. The Bertz CT molecular complexity index is 1290. The van der Waals surface area contributed by atoms with Crippen molar-refractivity contribution in [2.75, 3.05) is 50.9 Å². The van der Waals surface area contributed by atoms with Crippen LogP contribution in [0.3, 0.4) is 0 Å². The minimum Gasteiger partial charge on any atom is -0.493 e. The van der Waals surface area contributed by atoms with E-state index in [1.807, 2.05) is 0 Å². The number of carbonyl (C=O) groups is 1. The first-order valence-electron chi connectivity index (χ1n) is 11.8. The number of aromatic nitrogens is 2. The predicted molar refractivity (Wildman–Crippen MR) is 134 cm³/mol. The summed E-state index contributed by atoms with van der Waals surface area (Å²) in [6.07, 6.45) is -5.00. The Kier molecular flexibility index (Phi) is 7.58. The van der Waals surface area contributed by atoms with Crippen LogP contribution in [0.4, 0.5) is 29.5 Å². The zero-order chi connectivity index (χ0) is 26.7. The molecule has 12 heteroatoms. The molecule has 0 aliphatic carbocycles. The van der Waals surface area contributed by atoms with Gasteiger partial charge in [-0.25, -0.2) is 14.8 Å². The van der Waals surface area contributed by atoms with Gasteiger partial charge in [-0.15, -0.1) is 0 Å². The Morgan fingerprint density at radius 2 is 1.81 bits per heavy atom. The highest BCUT2D eigenvalue weighted by atomic mass is 19.4. The SMILES string of the molecule is CCN1CCN(C(=O)Oc2cc3c(NCc4cc(N)cc(C(F)(F)F)c4)nc(C)nc3cc2OC)CC1. The monoisotopic (exact) mass is 518 g/mol. The van der Waals surface area contributed by atoms with Gasteiger partial charge in [-0.05, 0) is 43.3 Å². The van der Waals surface area contributed by atoms with Gasteiger partial charge in [0.05, 0.1) is 18.2 Å². The normalized spacial score (nSPS) is 14.6. The number of alkyl halides is 3. The average molecular weight is 519 g/mol. The van der Waals surface area contributed by atoms with Gasteiger partial charge in [-0.3, -0.25) is 0 Å². The highest BCUT2D eigenvalue weighted by molar-refractivity contribution is 5.92. The molecule has 1 aliphatic rings. The molecule has 0 bridgehead atoms. The van der Waals surface area contributed by atoms with Crippen LogP contribution in [0, 0.1) is 6.92 Å². The molecule has 2 aromatic carbocycles. The minimum atomic E-state index is -4.51. The maximum atomic E-state index is 13.2. The molecule has 1 fully saturated rings. The number of benzene rings is 2. The molecule has 3 aromatic rings. The Morgan fingerprint density at radius 1 is 1.08 bits per heavy atom. The molecular weight excluding hydrogens is 489 g/mol. The number of likely N-dealkylation sites (N-methyl/N-ethyl adjacent to an activating group) is 1. The third-order valence-electron chi connectivity index (χ3n) is 6.17. The number of piperazine rings is 1. The van der Waals surface area contributed by atoms with Gasteiger partial charge in [0.15, 0.2) is 11.5 Å². The van der Waals surface area contributed by atoms with Crippen LogP contribution in [0.25, 0.3) is 10.9 Å². The predicted octanol–water partition coefficient (Wildman–Crippen LogP) is 4.30. The molecular formula is C25H29F3N6O3. The molecule has 0 radical (unpaired) electrons. The van der Waals surface area contributed by atoms with E-state index in [1.165, 1.54) is 13.2 Å². The largest absolute Gasteiger partial charge is 0.493 e. The van der Waals surface area contributed by atoms with Gasteiger partial charge < -0.3 is 30.3 Å². The summed E-state index contributed by atoms with van der Waals surface area (Å²) >= 11 is 0. The van der Waals surface area contributed by atoms with Gasteiger partial charge in [0.25, 0.3) is 0 Å². The van der Waals surface area contributed by atoms with Crippen molar-refractivity contribution in [1.82, 2.24) is 19.8 Å². The van der Waals surface area contributed by atoms with Crippen molar-refractivity contribution in [3.8, 4) is 11.5 Å². The molecule has 0 saturated carbocycles. The number of nitrogen functional groups attached to an aromatic ring is 1. The number of nitrogens with zero attached hydrogens (tertiary/aromatic N) is 4. The van der Waals surface area contributed by atoms with Crippen LogP contribution < -0.4 is 20.5 Å². The standard InChI is InChI=1S/C25H29F3N6O3/c1-4-33-5-7-34(8-6-33)24(35)37-22-12-19-20(13-21(22)36-3)31-15(2)32-23(19)30-14-16-9-17(25(26,27)28)11-18(29)10-16/h9-13H,4-8,14,29H2,1-3H3,(H,30,31,32).